The van der Waals surface area contributed by atoms with E-state index in [-0.39, 0.29) is 0 Å². The van der Waals surface area contributed by atoms with Crippen LogP contribution in [0.5, 0.6) is 11.5 Å². The van der Waals surface area contributed by atoms with Gasteiger partial charge in [-0.1, -0.05) is 0 Å². The molecule has 0 unspecified atom stereocenters. The SMILES string of the molecule is O=S(=O)(Nc1ccc(F)cc1NS(=O)(=O)c1ccc(OC(F)(F)F)cc1)c1ccc(OC(F)(F)F)cc1. The first kappa shape index (κ1) is 27.9. The van der Waals surface area contributed by atoms with Crippen molar-refractivity contribution < 1.29 is 57.0 Å². The molecule has 0 amide bonds. The van der Waals surface area contributed by atoms with Crippen molar-refractivity contribution in [1.82, 2.24) is 0 Å². The Balaban J connectivity index is 1.85. The molecule has 0 heterocycles. The molecule has 2 N–H and O–H groups in total. The topological polar surface area (TPSA) is 111 Å². The van der Waals surface area contributed by atoms with Crippen LogP contribution < -0.4 is 18.9 Å². The summed E-state index contributed by atoms with van der Waals surface area (Å²) in [6.45, 7) is 0. The molecule has 3 aromatic rings. The summed E-state index contributed by atoms with van der Waals surface area (Å²) in [5, 5.41) is 0. The summed E-state index contributed by atoms with van der Waals surface area (Å²) in [4.78, 5) is -1.11. The van der Waals surface area contributed by atoms with Gasteiger partial charge in [-0.2, -0.15) is 0 Å². The molecule has 3 aromatic carbocycles. The summed E-state index contributed by atoms with van der Waals surface area (Å²) in [6.07, 6.45) is -10.0. The van der Waals surface area contributed by atoms with Crippen LogP contribution in [0, 0.1) is 5.82 Å². The zero-order valence-corrected chi connectivity index (χ0v) is 19.4. The highest BCUT2D eigenvalue weighted by atomic mass is 32.2. The van der Waals surface area contributed by atoms with E-state index in [9.17, 15) is 47.6 Å². The lowest BCUT2D eigenvalue weighted by Gasteiger charge is -2.15. The number of alkyl halides is 6. The van der Waals surface area contributed by atoms with E-state index >= 15 is 0 Å². The van der Waals surface area contributed by atoms with Gasteiger partial charge in [-0.15, -0.1) is 26.3 Å². The quantitative estimate of drug-likeness (QED) is 0.357. The number of anilines is 2. The Kier molecular flexibility index (Phi) is 7.50. The first-order valence-electron chi connectivity index (χ1n) is 9.50. The molecule has 0 aromatic heterocycles. The van der Waals surface area contributed by atoms with Gasteiger partial charge in [0, 0.05) is 6.07 Å². The van der Waals surface area contributed by atoms with Crippen molar-refractivity contribution in [3.05, 3.63) is 72.5 Å². The van der Waals surface area contributed by atoms with Crippen LogP contribution in [0.15, 0.2) is 76.5 Å². The van der Waals surface area contributed by atoms with Crippen LogP contribution in [-0.2, 0) is 20.0 Å². The molecule has 0 aliphatic rings. The smallest absolute Gasteiger partial charge is 0.406 e. The van der Waals surface area contributed by atoms with Gasteiger partial charge in [-0.25, -0.2) is 21.2 Å². The van der Waals surface area contributed by atoms with Crippen LogP contribution >= 0.6 is 0 Å². The largest absolute Gasteiger partial charge is 0.573 e. The van der Waals surface area contributed by atoms with E-state index in [0.29, 0.717) is 18.2 Å². The van der Waals surface area contributed by atoms with Crippen LogP contribution in [0.4, 0.5) is 42.1 Å². The van der Waals surface area contributed by atoms with Gasteiger partial charge in [0.2, 0.25) is 0 Å². The third-order valence-electron chi connectivity index (χ3n) is 4.21. The highest BCUT2D eigenvalue weighted by molar-refractivity contribution is 7.93. The first-order valence-corrected chi connectivity index (χ1v) is 12.5. The van der Waals surface area contributed by atoms with Gasteiger partial charge in [0.25, 0.3) is 20.0 Å². The van der Waals surface area contributed by atoms with E-state index in [1.165, 1.54) is 0 Å². The van der Waals surface area contributed by atoms with E-state index in [1.807, 2.05) is 9.44 Å². The maximum absolute atomic E-state index is 13.8. The average Bonchev–Trinajstić information content (AvgIpc) is 2.74. The summed E-state index contributed by atoms with van der Waals surface area (Å²) in [5.74, 6) is -2.39. The van der Waals surface area contributed by atoms with Crippen molar-refractivity contribution in [3.8, 4) is 11.5 Å². The zero-order chi connectivity index (χ0) is 27.6. The Labute approximate surface area is 204 Å². The van der Waals surface area contributed by atoms with Crippen LogP contribution in [0.25, 0.3) is 0 Å². The van der Waals surface area contributed by atoms with Crippen molar-refractivity contribution in [3.63, 3.8) is 0 Å². The van der Waals surface area contributed by atoms with Crippen molar-refractivity contribution in [2.24, 2.45) is 0 Å². The normalized spacial score (nSPS) is 12.6. The van der Waals surface area contributed by atoms with Crippen molar-refractivity contribution >= 4 is 31.4 Å². The predicted octanol–water partition coefficient (Wildman–Crippen LogP) is 5.22. The molecule has 0 saturated carbocycles. The van der Waals surface area contributed by atoms with E-state index < -0.39 is 71.3 Å². The third kappa shape index (κ3) is 7.88. The number of nitrogens with one attached hydrogen (secondary N) is 2. The first-order chi connectivity index (χ1) is 16.9. The molecule has 0 bridgehead atoms. The third-order valence-corrected chi connectivity index (χ3v) is 6.97. The summed E-state index contributed by atoms with van der Waals surface area (Å²) in [7, 11) is -9.09. The van der Waals surface area contributed by atoms with Crippen molar-refractivity contribution in [2.45, 2.75) is 22.5 Å². The van der Waals surface area contributed by atoms with Crippen LogP contribution in [0.2, 0.25) is 0 Å². The van der Waals surface area contributed by atoms with E-state index in [1.54, 1.807) is 0 Å². The predicted molar refractivity (Wildman–Crippen MR) is 114 cm³/mol. The minimum atomic E-state index is -5.02. The van der Waals surface area contributed by atoms with E-state index in [0.717, 1.165) is 48.5 Å². The van der Waals surface area contributed by atoms with Gasteiger partial charge in [0.05, 0.1) is 21.2 Å². The van der Waals surface area contributed by atoms with Gasteiger partial charge in [-0.05, 0) is 60.7 Å². The molecule has 0 aliphatic carbocycles. The summed E-state index contributed by atoms with van der Waals surface area (Å²) in [6, 6.07) is 8.23. The summed E-state index contributed by atoms with van der Waals surface area (Å²) in [5.41, 5.74) is -1.08. The Hall–Kier alpha value is -3.73. The molecule has 0 saturated heterocycles. The molecule has 8 nitrogen and oxygen atoms in total. The minimum absolute atomic E-state index is 0.474. The molecule has 3 rings (SSSR count). The molecule has 0 atom stereocenters. The maximum Gasteiger partial charge on any atom is 0.573 e. The molecule has 0 radical (unpaired) electrons. The fourth-order valence-electron chi connectivity index (χ4n) is 2.74. The Morgan fingerprint density at radius 2 is 0.946 bits per heavy atom. The Morgan fingerprint density at radius 1 is 0.568 bits per heavy atom. The number of benzene rings is 3. The molecular formula is C20H13F7N2O6S2. The second-order valence-electron chi connectivity index (χ2n) is 6.94. The summed E-state index contributed by atoms with van der Waals surface area (Å²) >= 11 is 0. The van der Waals surface area contributed by atoms with Crippen molar-refractivity contribution in [2.75, 3.05) is 9.44 Å². The monoisotopic (exact) mass is 574 g/mol. The number of hydrogen-bond donors (Lipinski definition) is 2. The van der Waals surface area contributed by atoms with Gasteiger partial charge in [0.1, 0.15) is 17.3 Å². The van der Waals surface area contributed by atoms with E-state index in [2.05, 4.69) is 9.47 Å². The lowest BCUT2D eigenvalue weighted by molar-refractivity contribution is -0.275. The number of rotatable bonds is 8. The second-order valence-corrected chi connectivity index (χ2v) is 10.3. The minimum Gasteiger partial charge on any atom is -0.406 e. The Morgan fingerprint density at radius 3 is 1.32 bits per heavy atom. The fourth-order valence-corrected chi connectivity index (χ4v) is 4.89. The van der Waals surface area contributed by atoms with Crippen molar-refractivity contribution in [1.29, 1.82) is 0 Å². The highest BCUT2D eigenvalue weighted by Crippen LogP contribution is 2.30. The molecule has 37 heavy (non-hydrogen) atoms. The molecule has 200 valence electrons. The zero-order valence-electron chi connectivity index (χ0n) is 17.8. The molecule has 0 fully saturated rings. The Bertz CT molecular complexity index is 1470. The van der Waals surface area contributed by atoms with Gasteiger partial charge in [0.15, 0.2) is 0 Å². The standard InChI is InChI=1S/C20H13F7N2O6S2/c21-12-1-10-17(28-36(30,31)15-6-2-13(3-7-15)34-19(22,23)24)18(11-12)29-37(32,33)16-8-4-14(5-9-16)35-20(25,26)27/h1-11,28-29H. The molecule has 17 heteroatoms. The molecule has 0 aliphatic heterocycles. The number of sulfonamides is 2. The van der Waals surface area contributed by atoms with Crippen LogP contribution in [0.3, 0.4) is 0 Å². The number of halogens is 7. The van der Waals surface area contributed by atoms with Gasteiger partial charge >= 0.3 is 12.7 Å². The molecule has 0 spiro atoms. The summed E-state index contributed by atoms with van der Waals surface area (Å²) < 4.78 is 149. The highest BCUT2D eigenvalue weighted by Gasteiger charge is 2.32. The fraction of sp³-hybridized carbons (Fsp3) is 0.100. The molecular weight excluding hydrogens is 561 g/mol. The second kappa shape index (κ2) is 9.97. The van der Waals surface area contributed by atoms with Gasteiger partial charge < -0.3 is 9.47 Å². The van der Waals surface area contributed by atoms with Crippen LogP contribution in [0.1, 0.15) is 0 Å². The van der Waals surface area contributed by atoms with Gasteiger partial charge in [-0.3, -0.25) is 9.44 Å². The van der Waals surface area contributed by atoms with E-state index in [4.69, 9.17) is 0 Å². The lowest BCUT2D eigenvalue weighted by atomic mass is 10.3. The lowest BCUT2D eigenvalue weighted by Crippen LogP contribution is -2.19. The maximum atomic E-state index is 13.8. The van der Waals surface area contributed by atoms with Crippen LogP contribution in [-0.4, -0.2) is 29.6 Å². The average molecular weight is 574 g/mol. The number of ether oxygens (including phenoxy) is 2. The number of hydrogen-bond acceptors (Lipinski definition) is 6.